The van der Waals surface area contributed by atoms with Crippen LogP contribution in [0, 0.1) is 5.92 Å². The number of benzene rings is 1. The second kappa shape index (κ2) is 6.14. The maximum atomic E-state index is 10.2. The van der Waals surface area contributed by atoms with Crippen LogP contribution in [0.4, 0.5) is 0 Å². The summed E-state index contributed by atoms with van der Waals surface area (Å²) in [5.41, 5.74) is 1.39. The Balaban J connectivity index is 1.71. The Morgan fingerprint density at radius 3 is 2.50 bits per heavy atom. The van der Waals surface area contributed by atoms with Crippen molar-refractivity contribution in [2.24, 2.45) is 5.92 Å². The van der Waals surface area contributed by atoms with Crippen LogP contribution in [0.1, 0.15) is 36.6 Å². The second-order valence-corrected chi connectivity index (χ2v) is 5.62. The minimum absolute atomic E-state index is 0.223. The first kappa shape index (κ1) is 13.3. The van der Waals surface area contributed by atoms with Crippen molar-refractivity contribution in [1.82, 2.24) is 9.97 Å². The van der Waals surface area contributed by atoms with Crippen molar-refractivity contribution in [2.75, 3.05) is 0 Å². The van der Waals surface area contributed by atoms with E-state index in [-0.39, 0.29) is 12.0 Å². The van der Waals surface area contributed by atoms with Crippen LogP contribution in [0.5, 0.6) is 0 Å². The first-order chi connectivity index (χ1) is 9.83. The van der Waals surface area contributed by atoms with E-state index >= 15 is 0 Å². The Labute approximate surface area is 119 Å². The maximum absolute atomic E-state index is 10.2. The van der Waals surface area contributed by atoms with Crippen LogP contribution < -0.4 is 0 Å². The van der Waals surface area contributed by atoms with Crippen LogP contribution in [0.15, 0.2) is 48.8 Å². The fraction of sp³-hybridized carbons (Fsp3) is 0.412. The Kier molecular flexibility index (Phi) is 4.07. The van der Waals surface area contributed by atoms with Gasteiger partial charge in [0.15, 0.2) is 0 Å². The summed E-state index contributed by atoms with van der Waals surface area (Å²) >= 11 is 0. The summed E-state index contributed by atoms with van der Waals surface area (Å²) in [6, 6.07) is 12.5. The molecule has 1 saturated carbocycles. The van der Waals surface area contributed by atoms with Crippen LogP contribution in [-0.2, 0) is 6.42 Å². The molecule has 1 aromatic carbocycles. The van der Waals surface area contributed by atoms with Crippen LogP contribution in [0.25, 0.3) is 0 Å². The zero-order valence-corrected chi connectivity index (χ0v) is 11.5. The molecular formula is C17H20N2O. The molecular weight excluding hydrogens is 248 g/mol. The number of aromatic nitrogens is 2. The average Bonchev–Trinajstić information content (AvgIpc) is 2.51. The molecule has 3 unspecified atom stereocenters. The summed E-state index contributed by atoms with van der Waals surface area (Å²) in [6.45, 7) is 0. The molecule has 1 aromatic heterocycles. The molecule has 1 heterocycles. The van der Waals surface area contributed by atoms with Gasteiger partial charge in [-0.3, -0.25) is 0 Å². The van der Waals surface area contributed by atoms with Gasteiger partial charge in [-0.2, -0.15) is 0 Å². The number of aliphatic hydroxyl groups excluding tert-OH is 1. The summed E-state index contributed by atoms with van der Waals surface area (Å²) in [5, 5.41) is 10.2. The highest BCUT2D eigenvalue weighted by Gasteiger charge is 2.30. The first-order valence-corrected chi connectivity index (χ1v) is 7.32. The van der Waals surface area contributed by atoms with Gasteiger partial charge in [-0.25, -0.2) is 9.97 Å². The first-order valence-electron chi connectivity index (χ1n) is 7.32. The molecule has 0 radical (unpaired) electrons. The summed E-state index contributed by atoms with van der Waals surface area (Å²) in [6.07, 6.45) is 7.04. The number of hydrogen-bond donors (Lipinski definition) is 1. The number of aliphatic hydroxyl groups is 1. The lowest BCUT2D eigenvalue weighted by Crippen LogP contribution is -2.30. The Bertz CT molecular complexity index is 529. The summed E-state index contributed by atoms with van der Waals surface area (Å²) < 4.78 is 0. The van der Waals surface area contributed by atoms with Gasteiger partial charge in [0.2, 0.25) is 0 Å². The summed E-state index contributed by atoms with van der Waals surface area (Å²) in [5.74, 6) is 1.65. The second-order valence-electron chi connectivity index (χ2n) is 5.62. The highest BCUT2D eigenvalue weighted by molar-refractivity contribution is 5.20. The van der Waals surface area contributed by atoms with Crippen molar-refractivity contribution < 1.29 is 5.11 Å². The highest BCUT2D eigenvalue weighted by atomic mass is 16.3. The van der Waals surface area contributed by atoms with E-state index in [4.69, 9.17) is 0 Å². The van der Waals surface area contributed by atoms with Gasteiger partial charge in [0, 0.05) is 18.8 Å². The topological polar surface area (TPSA) is 46.0 Å². The lowest BCUT2D eigenvalue weighted by atomic mass is 9.75. The van der Waals surface area contributed by atoms with Gasteiger partial charge in [-0.15, -0.1) is 0 Å². The molecule has 1 aliphatic rings. The lowest BCUT2D eigenvalue weighted by Gasteiger charge is -2.33. The molecule has 0 spiro atoms. The monoisotopic (exact) mass is 268 g/mol. The standard InChI is InChI=1S/C17H20N2O/c20-16-8-7-14(13-5-2-1-3-6-13)11-15(16)12-17-18-9-4-10-19-17/h1-6,9-10,14-16,20H,7-8,11-12H2. The van der Waals surface area contributed by atoms with E-state index in [1.54, 1.807) is 12.4 Å². The molecule has 0 bridgehead atoms. The molecule has 3 rings (SSSR count). The van der Waals surface area contributed by atoms with Gasteiger partial charge in [0.05, 0.1) is 6.10 Å². The van der Waals surface area contributed by atoms with Gasteiger partial charge >= 0.3 is 0 Å². The largest absolute Gasteiger partial charge is 0.393 e. The van der Waals surface area contributed by atoms with Crippen molar-refractivity contribution >= 4 is 0 Å². The van der Waals surface area contributed by atoms with Crippen molar-refractivity contribution in [3.63, 3.8) is 0 Å². The fourth-order valence-corrected chi connectivity index (χ4v) is 3.17. The Morgan fingerprint density at radius 1 is 1.00 bits per heavy atom. The lowest BCUT2D eigenvalue weighted by molar-refractivity contribution is 0.0609. The molecule has 0 saturated heterocycles. The molecule has 2 aromatic rings. The number of rotatable bonds is 3. The predicted molar refractivity (Wildman–Crippen MR) is 78.3 cm³/mol. The molecule has 0 amide bonds. The summed E-state index contributed by atoms with van der Waals surface area (Å²) in [7, 11) is 0. The molecule has 104 valence electrons. The van der Waals surface area contributed by atoms with Gasteiger partial charge in [-0.05, 0) is 42.7 Å². The molecule has 1 N–H and O–H groups in total. The molecule has 1 aliphatic carbocycles. The van der Waals surface area contributed by atoms with Crippen LogP contribution in [-0.4, -0.2) is 21.2 Å². The van der Waals surface area contributed by atoms with E-state index in [9.17, 15) is 5.11 Å². The van der Waals surface area contributed by atoms with Crippen LogP contribution in [0.2, 0.25) is 0 Å². The van der Waals surface area contributed by atoms with Crippen molar-refractivity contribution in [3.05, 3.63) is 60.2 Å². The van der Waals surface area contributed by atoms with E-state index in [2.05, 4.69) is 40.3 Å². The average molecular weight is 268 g/mol. The van der Waals surface area contributed by atoms with E-state index < -0.39 is 0 Å². The van der Waals surface area contributed by atoms with Crippen LogP contribution >= 0.6 is 0 Å². The van der Waals surface area contributed by atoms with E-state index in [1.165, 1.54) is 5.56 Å². The molecule has 20 heavy (non-hydrogen) atoms. The van der Waals surface area contributed by atoms with E-state index in [1.807, 2.05) is 6.07 Å². The molecule has 3 nitrogen and oxygen atoms in total. The highest BCUT2D eigenvalue weighted by Crippen LogP contribution is 2.37. The number of hydrogen-bond acceptors (Lipinski definition) is 3. The molecule has 3 atom stereocenters. The fourth-order valence-electron chi connectivity index (χ4n) is 3.17. The van der Waals surface area contributed by atoms with Crippen LogP contribution in [0.3, 0.4) is 0 Å². The number of nitrogens with zero attached hydrogens (tertiary/aromatic N) is 2. The predicted octanol–water partition coefficient (Wildman–Crippen LogP) is 2.96. The molecule has 1 fully saturated rings. The third kappa shape index (κ3) is 3.05. The Hall–Kier alpha value is -1.74. The zero-order chi connectivity index (χ0) is 13.8. The van der Waals surface area contributed by atoms with Crippen molar-refractivity contribution in [2.45, 2.75) is 37.7 Å². The quantitative estimate of drug-likeness (QED) is 0.931. The maximum Gasteiger partial charge on any atom is 0.128 e. The van der Waals surface area contributed by atoms with Gasteiger partial charge < -0.3 is 5.11 Å². The minimum atomic E-state index is -0.223. The third-order valence-corrected chi connectivity index (χ3v) is 4.28. The zero-order valence-electron chi connectivity index (χ0n) is 11.5. The van der Waals surface area contributed by atoms with Gasteiger partial charge in [0.1, 0.15) is 5.82 Å². The summed E-state index contributed by atoms with van der Waals surface area (Å²) in [4.78, 5) is 8.57. The normalized spacial score (nSPS) is 26.4. The van der Waals surface area contributed by atoms with Gasteiger partial charge in [0.25, 0.3) is 0 Å². The van der Waals surface area contributed by atoms with E-state index in [0.29, 0.717) is 5.92 Å². The molecule has 0 aliphatic heterocycles. The van der Waals surface area contributed by atoms with Gasteiger partial charge in [-0.1, -0.05) is 30.3 Å². The van der Waals surface area contributed by atoms with Crippen molar-refractivity contribution in [3.8, 4) is 0 Å². The Morgan fingerprint density at radius 2 is 1.75 bits per heavy atom. The smallest absolute Gasteiger partial charge is 0.128 e. The third-order valence-electron chi connectivity index (χ3n) is 4.28. The van der Waals surface area contributed by atoms with Crippen molar-refractivity contribution in [1.29, 1.82) is 0 Å². The SMILES string of the molecule is OC1CCC(c2ccccc2)CC1Cc1ncccn1. The van der Waals surface area contributed by atoms with E-state index in [0.717, 1.165) is 31.5 Å². The molecule has 3 heteroatoms. The minimum Gasteiger partial charge on any atom is -0.393 e.